The summed E-state index contributed by atoms with van der Waals surface area (Å²) in [6.07, 6.45) is 8.83. The van der Waals surface area contributed by atoms with Gasteiger partial charge in [-0.3, -0.25) is 4.79 Å². The number of aryl methyl sites for hydroxylation is 2. The predicted octanol–water partition coefficient (Wildman–Crippen LogP) is 4.53. The molecule has 1 aromatic rings. The average molecular weight is 561 g/mol. The van der Waals surface area contributed by atoms with Crippen LogP contribution in [0.4, 0.5) is 0 Å². The number of amides is 1. The standard InChI is InChI=1S/C31H52N4O3S/c1-23-19-28(38-6)20-24(2)30(23)39(37)33(5)15-13-29(36)32-26-7-9-27(10-8-26)35-16-11-25(12-17-35)21-34-18-14-31(3,4)22-34/h19-20,25-27H,7-18,21-22H2,1-6H3,(H,32,36). The Balaban J connectivity index is 1.13. The van der Waals surface area contributed by atoms with E-state index in [1.54, 1.807) is 11.4 Å². The van der Waals surface area contributed by atoms with Gasteiger partial charge in [0, 0.05) is 45.2 Å². The van der Waals surface area contributed by atoms with Crippen molar-refractivity contribution in [1.29, 1.82) is 0 Å². The number of carbonyl (C=O) groups is 1. The summed E-state index contributed by atoms with van der Waals surface area (Å²) >= 11 is 0. The molecule has 8 heteroatoms. The molecule has 39 heavy (non-hydrogen) atoms. The van der Waals surface area contributed by atoms with Crippen LogP contribution in [0.5, 0.6) is 5.75 Å². The topological polar surface area (TPSA) is 65.1 Å². The summed E-state index contributed by atoms with van der Waals surface area (Å²) in [5, 5.41) is 3.26. The SMILES string of the molecule is COc1cc(C)c(S(=O)N(C)CCC(=O)NC2CCC(N3CCC(CN4CCC(C)(C)C4)CC3)CC2)c(C)c1. The van der Waals surface area contributed by atoms with Gasteiger partial charge >= 0.3 is 0 Å². The Morgan fingerprint density at radius 1 is 1.08 bits per heavy atom. The Kier molecular flexibility index (Phi) is 10.5. The summed E-state index contributed by atoms with van der Waals surface area (Å²) < 4.78 is 20.3. The smallest absolute Gasteiger partial charge is 0.221 e. The second-order valence-electron chi connectivity index (χ2n) is 13.1. The van der Waals surface area contributed by atoms with Crippen LogP contribution in [-0.2, 0) is 15.8 Å². The average Bonchev–Trinajstić information content (AvgIpc) is 3.25. The van der Waals surface area contributed by atoms with Crippen molar-refractivity contribution in [2.75, 3.05) is 53.4 Å². The molecule has 3 fully saturated rings. The molecule has 0 spiro atoms. The zero-order valence-electron chi connectivity index (χ0n) is 25.3. The second-order valence-corrected chi connectivity index (χ2v) is 14.7. The zero-order chi connectivity index (χ0) is 28.2. The Bertz CT molecular complexity index is 977. The monoisotopic (exact) mass is 560 g/mol. The summed E-state index contributed by atoms with van der Waals surface area (Å²) in [6.45, 7) is 15.5. The number of likely N-dealkylation sites (tertiary alicyclic amines) is 2. The van der Waals surface area contributed by atoms with E-state index >= 15 is 0 Å². The molecule has 1 saturated carbocycles. The molecule has 1 N–H and O–H groups in total. The van der Waals surface area contributed by atoms with Crippen molar-refractivity contribution in [3.63, 3.8) is 0 Å². The van der Waals surface area contributed by atoms with E-state index in [1.807, 2.05) is 33.0 Å². The molecule has 1 unspecified atom stereocenters. The minimum absolute atomic E-state index is 0.0661. The van der Waals surface area contributed by atoms with Gasteiger partial charge in [-0.05, 0) is 113 Å². The fraction of sp³-hybridized carbons (Fsp3) is 0.774. The quantitative estimate of drug-likeness (QED) is 0.456. The number of piperidine rings is 1. The van der Waals surface area contributed by atoms with Crippen LogP contribution < -0.4 is 10.1 Å². The van der Waals surface area contributed by atoms with Gasteiger partial charge in [-0.15, -0.1) is 0 Å². The third-order valence-corrected chi connectivity index (χ3v) is 11.0. The summed E-state index contributed by atoms with van der Waals surface area (Å²) in [5.74, 6) is 1.70. The lowest BCUT2D eigenvalue weighted by Gasteiger charge is -2.41. The number of nitrogens with one attached hydrogen (secondary N) is 1. The van der Waals surface area contributed by atoms with Crippen LogP contribution in [0.15, 0.2) is 17.0 Å². The maximum atomic E-state index is 13.2. The van der Waals surface area contributed by atoms with E-state index in [9.17, 15) is 9.00 Å². The number of methoxy groups -OCH3 is 1. The van der Waals surface area contributed by atoms with Crippen molar-refractivity contribution in [3.8, 4) is 5.75 Å². The third-order valence-electron chi connectivity index (χ3n) is 9.28. The number of benzene rings is 1. The lowest BCUT2D eigenvalue weighted by atomic mass is 9.87. The van der Waals surface area contributed by atoms with Crippen LogP contribution in [0, 0.1) is 25.2 Å². The van der Waals surface area contributed by atoms with Crippen molar-refractivity contribution in [2.24, 2.45) is 11.3 Å². The van der Waals surface area contributed by atoms with E-state index in [-0.39, 0.29) is 11.9 Å². The molecule has 0 bridgehead atoms. The van der Waals surface area contributed by atoms with E-state index in [4.69, 9.17) is 4.74 Å². The first-order valence-electron chi connectivity index (χ1n) is 15.1. The first-order valence-corrected chi connectivity index (χ1v) is 16.2. The van der Waals surface area contributed by atoms with E-state index in [1.165, 1.54) is 64.8 Å². The summed E-state index contributed by atoms with van der Waals surface area (Å²) in [7, 11) is 2.16. The molecule has 7 nitrogen and oxygen atoms in total. The number of carbonyl (C=O) groups excluding carboxylic acids is 1. The van der Waals surface area contributed by atoms with Gasteiger partial charge in [-0.25, -0.2) is 8.51 Å². The molecule has 1 atom stereocenters. The normalized spacial score (nSPS) is 25.6. The Morgan fingerprint density at radius 2 is 1.72 bits per heavy atom. The molecule has 1 amide bonds. The van der Waals surface area contributed by atoms with Gasteiger partial charge in [-0.2, -0.15) is 0 Å². The lowest BCUT2D eigenvalue weighted by molar-refractivity contribution is -0.122. The summed E-state index contributed by atoms with van der Waals surface area (Å²) in [5.41, 5.74) is 2.38. The van der Waals surface area contributed by atoms with Crippen LogP contribution in [0.1, 0.15) is 76.3 Å². The van der Waals surface area contributed by atoms with Gasteiger partial charge in [0.05, 0.1) is 12.0 Å². The number of hydrogen-bond acceptors (Lipinski definition) is 5. The Hall–Kier alpha value is -1.48. The zero-order valence-corrected chi connectivity index (χ0v) is 26.1. The van der Waals surface area contributed by atoms with Crippen LogP contribution in [-0.4, -0.2) is 89.7 Å². The van der Waals surface area contributed by atoms with Crippen LogP contribution in [0.3, 0.4) is 0 Å². The van der Waals surface area contributed by atoms with Crippen LogP contribution >= 0.6 is 0 Å². The minimum Gasteiger partial charge on any atom is -0.497 e. The van der Waals surface area contributed by atoms with Gasteiger partial charge in [0.2, 0.25) is 5.91 Å². The second kappa shape index (κ2) is 13.5. The highest BCUT2D eigenvalue weighted by Crippen LogP contribution is 2.32. The highest BCUT2D eigenvalue weighted by molar-refractivity contribution is 7.82. The molecule has 2 saturated heterocycles. The maximum Gasteiger partial charge on any atom is 0.221 e. The molecule has 0 aromatic heterocycles. The Morgan fingerprint density at radius 3 is 2.28 bits per heavy atom. The Labute approximate surface area is 239 Å². The molecule has 1 aliphatic carbocycles. The first kappa shape index (κ1) is 30.5. The lowest BCUT2D eigenvalue weighted by Crippen LogP contribution is -2.47. The summed E-state index contributed by atoms with van der Waals surface area (Å²) in [6, 6.07) is 4.77. The minimum atomic E-state index is -1.31. The molecular formula is C31H52N4O3S. The number of ether oxygens (including phenoxy) is 1. The van der Waals surface area contributed by atoms with Gasteiger partial charge in [0.15, 0.2) is 0 Å². The molecule has 220 valence electrons. The molecule has 4 rings (SSSR count). The predicted molar refractivity (Wildman–Crippen MR) is 159 cm³/mol. The fourth-order valence-corrected chi connectivity index (χ4v) is 8.17. The van der Waals surface area contributed by atoms with Crippen molar-refractivity contribution in [2.45, 2.75) is 96.0 Å². The van der Waals surface area contributed by atoms with Crippen LogP contribution in [0.25, 0.3) is 0 Å². The number of nitrogens with zero attached hydrogens (tertiary/aromatic N) is 3. The van der Waals surface area contributed by atoms with E-state index in [2.05, 4.69) is 29.0 Å². The molecular weight excluding hydrogens is 508 g/mol. The van der Waals surface area contributed by atoms with Crippen molar-refractivity contribution in [1.82, 2.24) is 19.4 Å². The van der Waals surface area contributed by atoms with E-state index < -0.39 is 11.0 Å². The van der Waals surface area contributed by atoms with Gasteiger partial charge < -0.3 is 19.9 Å². The van der Waals surface area contributed by atoms with E-state index in [0.29, 0.717) is 24.4 Å². The third kappa shape index (κ3) is 8.27. The van der Waals surface area contributed by atoms with Gasteiger partial charge in [-0.1, -0.05) is 13.8 Å². The molecule has 2 heterocycles. The summed E-state index contributed by atoms with van der Waals surface area (Å²) in [4.78, 5) is 19.0. The number of hydrogen-bond donors (Lipinski definition) is 1. The highest BCUT2D eigenvalue weighted by Gasteiger charge is 2.33. The highest BCUT2D eigenvalue weighted by atomic mass is 32.2. The van der Waals surface area contributed by atoms with Crippen LogP contribution in [0.2, 0.25) is 0 Å². The fourth-order valence-electron chi connectivity index (χ4n) is 6.93. The van der Waals surface area contributed by atoms with Gasteiger partial charge in [0.1, 0.15) is 16.7 Å². The molecule has 2 aliphatic heterocycles. The molecule has 0 radical (unpaired) electrons. The van der Waals surface area contributed by atoms with E-state index in [0.717, 1.165) is 40.5 Å². The van der Waals surface area contributed by atoms with Crippen molar-refractivity contribution >= 4 is 16.9 Å². The van der Waals surface area contributed by atoms with Crippen molar-refractivity contribution in [3.05, 3.63) is 23.3 Å². The van der Waals surface area contributed by atoms with Crippen molar-refractivity contribution < 1.29 is 13.7 Å². The maximum absolute atomic E-state index is 13.2. The molecule has 1 aromatic carbocycles. The largest absolute Gasteiger partial charge is 0.497 e. The first-order chi connectivity index (χ1) is 18.5. The van der Waals surface area contributed by atoms with Gasteiger partial charge in [0.25, 0.3) is 0 Å². The number of rotatable bonds is 10. The molecule has 3 aliphatic rings.